The first-order valence-electron chi connectivity index (χ1n) is 8.96. The van der Waals surface area contributed by atoms with Crippen molar-refractivity contribution in [2.45, 2.75) is 19.4 Å². The molecule has 0 amide bonds. The molecule has 2 heterocycles. The maximum atomic E-state index is 11.9. The summed E-state index contributed by atoms with van der Waals surface area (Å²) in [4.78, 5) is 30.4. The third-order valence-corrected chi connectivity index (χ3v) is 5.41. The number of H-pyrrole nitrogens is 1. The second kappa shape index (κ2) is 6.52. The lowest BCUT2D eigenvalue weighted by atomic mass is 10.1. The fraction of sp³-hybridized carbons (Fsp3) is 0.474. The number of nitrogens with one attached hydrogen (secondary N) is 1. The summed E-state index contributed by atoms with van der Waals surface area (Å²) in [7, 11) is 0. The van der Waals surface area contributed by atoms with Gasteiger partial charge in [-0.05, 0) is 25.0 Å². The number of hydrogen-bond donors (Lipinski definition) is 1. The molecule has 0 bridgehead atoms. The van der Waals surface area contributed by atoms with Crippen LogP contribution in [0.25, 0.3) is 0 Å². The zero-order valence-electron chi connectivity index (χ0n) is 14.4. The summed E-state index contributed by atoms with van der Waals surface area (Å²) in [5.41, 5.74) is 0.857. The Labute approximate surface area is 146 Å². The number of benzene rings is 1. The van der Waals surface area contributed by atoms with Gasteiger partial charge in [0.15, 0.2) is 0 Å². The standard InChI is InChI=1S/C19H24N4O2/c24-17-6-9-23(18(25)20-17)15-19(7-8-19)14-21-10-12-22(13-11-21)16-4-2-1-3-5-16/h1-6,9H,7-8,10-15H2,(H,20,24,25). The Morgan fingerprint density at radius 1 is 0.920 bits per heavy atom. The topological polar surface area (TPSA) is 61.3 Å². The van der Waals surface area contributed by atoms with E-state index < -0.39 is 0 Å². The average Bonchev–Trinajstić information content (AvgIpc) is 3.38. The maximum absolute atomic E-state index is 11.9. The minimum atomic E-state index is -0.330. The molecule has 1 aromatic heterocycles. The van der Waals surface area contributed by atoms with E-state index >= 15 is 0 Å². The van der Waals surface area contributed by atoms with E-state index in [9.17, 15) is 9.59 Å². The third kappa shape index (κ3) is 3.69. The van der Waals surface area contributed by atoms with Crippen LogP contribution >= 0.6 is 0 Å². The van der Waals surface area contributed by atoms with Gasteiger partial charge in [-0.3, -0.25) is 19.2 Å². The number of hydrogen-bond acceptors (Lipinski definition) is 4. The molecule has 0 unspecified atom stereocenters. The molecule has 132 valence electrons. The van der Waals surface area contributed by atoms with Gasteiger partial charge in [0.05, 0.1) is 0 Å². The first-order valence-corrected chi connectivity index (χ1v) is 8.96. The van der Waals surface area contributed by atoms with Crippen molar-refractivity contribution in [2.24, 2.45) is 5.41 Å². The van der Waals surface area contributed by atoms with Crippen molar-refractivity contribution in [1.29, 1.82) is 0 Å². The molecule has 2 aromatic rings. The number of aromatic nitrogens is 2. The van der Waals surface area contributed by atoms with Gasteiger partial charge < -0.3 is 4.90 Å². The van der Waals surface area contributed by atoms with Gasteiger partial charge in [-0.15, -0.1) is 0 Å². The highest BCUT2D eigenvalue weighted by Crippen LogP contribution is 2.47. The van der Waals surface area contributed by atoms with Gasteiger partial charge in [-0.1, -0.05) is 18.2 Å². The van der Waals surface area contributed by atoms with Crippen molar-refractivity contribution in [3.05, 3.63) is 63.4 Å². The van der Waals surface area contributed by atoms with Gasteiger partial charge in [-0.25, -0.2) is 4.79 Å². The zero-order valence-corrected chi connectivity index (χ0v) is 14.4. The quantitative estimate of drug-likeness (QED) is 0.887. The Kier molecular flexibility index (Phi) is 4.21. The summed E-state index contributed by atoms with van der Waals surface area (Å²) >= 11 is 0. The monoisotopic (exact) mass is 340 g/mol. The van der Waals surface area contributed by atoms with Crippen LogP contribution in [0.3, 0.4) is 0 Å². The van der Waals surface area contributed by atoms with Crippen molar-refractivity contribution in [2.75, 3.05) is 37.6 Å². The highest BCUT2D eigenvalue weighted by molar-refractivity contribution is 5.46. The Bertz CT molecular complexity index is 830. The fourth-order valence-electron chi connectivity index (χ4n) is 3.75. The lowest BCUT2D eigenvalue weighted by Crippen LogP contribution is -2.48. The summed E-state index contributed by atoms with van der Waals surface area (Å²) < 4.78 is 1.65. The molecule has 6 heteroatoms. The number of nitrogens with zero attached hydrogens (tertiary/aromatic N) is 3. The van der Waals surface area contributed by atoms with E-state index in [2.05, 4.69) is 45.1 Å². The molecule has 0 atom stereocenters. The Balaban J connectivity index is 1.35. The van der Waals surface area contributed by atoms with Crippen LogP contribution < -0.4 is 16.1 Å². The van der Waals surface area contributed by atoms with Crippen molar-refractivity contribution in [1.82, 2.24) is 14.5 Å². The summed E-state index contributed by atoms with van der Waals surface area (Å²) in [5, 5.41) is 0. The first-order chi connectivity index (χ1) is 12.1. The highest BCUT2D eigenvalue weighted by atomic mass is 16.2. The van der Waals surface area contributed by atoms with Crippen LogP contribution in [0.1, 0.15) is 12.8 Å². The van der Waals surface area contributed by atoms with Crippen LogP contribution in [0.5, 0.6) is 0 Å². The molecule has 1 aliphatic heterocycles. The van der Waals surface area contributed by atoms with Crippen molar-refractivity contribution in [3.8, 4) is 0 Å². The van der Waals surface area contributed by atoms with Gasteiger partial charge >= 0.3 is 5.69 Å². The van der Waals surface area contributed by atoms with E-state index in [-0.39, 0.29) is 16.7 Å². The van der Waals surface area contributed by atoms with Crippen LogP contribution in [0.2, 0.25) is 0 Å². The lowest BCUT2D eigenvalue weighted by Gasteiger charge is -2.37. The van der Waals surface area contributed by atoms with Crippen LogP contribution in [-0.2, 0) is 6.54 Å². The molecule has 0 spiro atoms. The largest absolute Gasteiger partial charge is 0.369 e. The minimum absolute atomic E-state index is 0.191. The van der Waals surface area contributed by atoms with E-state index in [0.29, 0.717) is 6.54 Å². The zero-order chi connectivity index (χ0) is 17.3. The van der Waals surface area contributed by atoms with Crippen LogP contribution in [0.15, 0.2) is 52.2 Å². The molecular weight excluding hydrogens is 316 g/mol. The molecule has 0 radical (unpaired) electrons. The molecule has 1 aliphatic carbocycles. The minimum Gasteiger partial charge on any atom is -0.369 e. The molecule has 1 N–H and O–H groups in total. The third-order valence-electron chi connectivity index (χ3n) is 5.41. The van der Waals surface area contributed by atoms with E-state index in [4.69, 9.17) is 0 Å². The van der Waals surface area contributed by atoms with Gasteiger partial charge in [0.25, 0.3) is 5.56 Å². The molecule has 6 nitrogen and oxygen atoms in total. The number of rotatable bonds is 5. The van der Waals surface area contributed by atoms with Crippen LogP contribution in [-0.4, -0.2) is 47.2 Å². The van der Waals surface area contributed by atoms with E-state index in [1.165, 1.54) is 11.8 Å². The SMILES string of the molecule is O=c1ccn(CC2(CN3CCN(c4ccccc4)CC3)CC2)c(=O)[nH]1. The smallest absolute Gasteiger partial charge is 0.328 e. The Hall–Kier alpha value is -2.34. The fourth-order valence-corrected chi connectivity index (χ4v) is 3.75. The molecule has 4 rings (SSSR count). The number of para-hydroxylation sites is 1. The highest BCUT2D eigenvalue weighted by Gasteiger charge is 2.44. The number of anilines is 1. The molecular formula is C19H24N4O2. The van der Waals surface area contributed by atoms with E-state index in [0.717, 1.165) is 45.6 Å². The summed E-state index contributed by atoms with van der Waals surface area (Å²) in [6.45, 7) is 5.91. The van der Waals surface area contributed by atoms with Crippen molar-refractivity contribution < 1.29 is 0 Å². The predicted octanol–water partition coefficient (Wildman–Crippen LogP) is 1.14. The van der Waals surface area contributed by atoms with Gasteiger partial charge in [0.2, 0.25) is 0 Å². The second-order valence-electron chi connectivity index (χ2n) is 7.34. The number of piperazine rings is 1. The van der Waals surface area contributed by atoms with Crippen molar-refractivity contribution >= 4 is 5.69 Å². The maximum Gasteiger partial charge on any atom is 0.328 e. The summed E-state index contributed by atoms with van der Waals surface area (Å²) in [6.07, 6.45) is 3.92. The lowest BCUT2D eigenvalue weighted by molar-refractivity contribution is 0.194. The average molecular weight is 340 g/mol. The summed E-state index contributed by atoms with van der Waals surface area (Å²) in [5.74, 6) is 0. The molecule has 1 saturated heterocycles. The Morgan fingerprint density at radius 2 is 1.64 bits per heavy atom. The second-order valence-corrected chi connectivity index (χ2v) is 7.34. The van der Waals surface area contributed by atoms with Gasteiger partial charge in [0, 0.05) is 62.6 Å². The van der Waals surface area contributed by atoms with Crippen LogP contribution in [0.4, 0.5) is 5.69 Å². The molecule has 25 heavy (non-hydrogen) atoms. The van der Waals surface area contributed by atoms with E-state index in [1.807, 2.05) is 0 Å². The molecule has 1 saturated carbocycles. The molecule has 2 aliphatic rings. The molecule has 2 fully saturated rings. The van der Waals surface area contributed by atoms with E-state index in [1.54, 1.807) is 10.8 Å². The van der Waals surface area contributed by atoms with Gasteiger partial charge in [0.1, 0.15) is 0 Å². The molecule has 1 aromatic carbocycles. The summed E-state index contributed by atoms with van der Waals surface area (Å²) in [6, 6.07) is 12.0. The van der Waals surface area contributed by atoms with Crippen molar-refractivity contribution in [3.63, 3.8) is 0 Å². The predicted molar refractivity (Wildman–Crippen MR) is 98.1 cm³/mol. The Morgan fingerprint density at radius 3 is 2.28 bits per heavy atom. The number of aromatic amines is 1. The van der Waals surface area contributed by atoms with Gasteiger partial charge in [-0.2, -0.15) is 0 Å². The first kappa shape index (κ1) is 16.1. The normalized spacial score (nSPS) is 19.8. The van der Waals surface area contributed by atoms with Crippen LogP contribution in [0, 0.1) is 5.41 Å².